The van der Waals surface area contributed by atoms with Crippen LogP contribution in [0.5, 0.6) is 0 Å². The zero-order valence-electron chi connectivity index (χ0n) is 10.7. The maximum atomic E-state index is 13.4. The summed E-state index contributed by atoms with van der Waals surface area (Å²) in [7, 11) is 0. The Morgan fingerprint density at radius 2 is 1.84 bits per heavy atom. The summed E-state index contributed by atoms with van der Waals surface area (Å²) in [4.78, 5) is 0. The highest BCUT2D eigenvalue weighted by Crippen LogP contribution is 2.27. The van der Waals surface area contributed by atoms with Gasteiger partial charge in [-0.05, 0) is 65.2 Å². The standard InChI is InChI=1S/C15H14BrClFN/c1-9-7-14(18)13(16)8-15(9)19-10(2)11-3-5-12(17)6-4-11/h3-8,10,19H,1-2H3. The molecule has 2 aromatic rings. The molecule has 1 unspecified atom stereocenters. The number of rotatable bonds is 3. The summed E-state index contributed by atoms with van der Waals surface area (Å²) in [5, 5.41) is 4.09. The fourth-order valence-electron chi connectivity index (χ4n) is 1.87. The molecule has 0 radical (unpaired) electrons. The van der Waals surface area contributed by atoms with E-state index in [0.29, 0.717) is 4.47 Å². The monoisotopic (exact) mass is 341 g/mol. The molecular formula is C15H14BrClFN. The minimum atomic E-state index is -0.248. The van der Waals surface area contributed by atoms with E-state index < -0.39 is 0 Å². The second-order valence-electron chi connectivity index (χ2n) is 4.50. The molecule has 0 aromatic heterocycles. The van der Waals surface area contributed by atoms with E-state index in [-0.39, 0.29) is 11.9 Å². The smallest absolute Gasteiger partial charge is 0.137 e. The molecule has 0 aliphatic rings. The van der Waals surface area contributed by atoms with Crippen LogP contribution in [0.25, 0.3) is 0 Å². The molecule has 4 heteroatoms. The van der Waals surface area contributed by atoms with Crippen LogP contribution in [0.4, 0.5) is 10.1 Å². The van der Waals surface area contributed by atoms with Crippen LogP contribution in [0.3, 0.4) is 0 Å². The molecule has 19 heavy (non-hydrogen) atoms. The van der Waals surface area contributed by atoms with E-state index in [1.807, 2.05) is 31.2 Å². The topological polar surface area (TPSA) is 12.0 Å². The van der Waals surface area contributed by atoms with Gasteiger partial charge >= 0.3 is 0 Å². The molecule has 0 aliphatic carbocycles. The first-order valence-corrected chi connectivity index (χ1v) is 7.12. The number of benzene rings is 2. The maximum Gasteiger partial charge on any atom is 0.137 e. The van der Waals surface area contributed by atoms with Crippen LogP contribution in [-0.4, -0.2) is 0 Å². The Bertz CT molecular complexity index is 583. The van der Waals surface area contributed by atoms with Crippen molar-refractivity contribution >= 4 is 33.2 Å². The minimum absolute atomic E-state index is 0.119. The first kappa shape index (κ1) is 14.4. The summed E-state index contributed by atoms with van der Waals surface area (Å²) in [5.74, 6) is -0.248. The fraction of sp³-hybridized carbons (Fsp3) is 0.200. The van der Waals surface area contributed by atoms with E-state index >= 15 is 0 Å². The molecule has 0 amide bonds. The van der Waals surface area contributed by atoms with Crippen molar-refractivity contribution in [3.8, 4) is 0 Å². The highest BCUT2D eigenvalue weighted by molar-refractivity contribution is 9.10. The number of hydrogen-bond acceptors (Lipinski definition) is 1. The molecule has 2 rings (SSSR count). The average Bonchev–Trinajstić information content (AvgIpc) is 2.36. The number of aryl methyl sites for hydroxylation is 1. The van der Waals surface area contributed by atoms with E-state index in [1.165, 1.54) is 6.07 Å². The van der Waals surface area contributed by atoms with Gasteiger partial charge in [-0.3, -0.25) is 0 Å². The first-order valence-electron chi connectivity index (χ1n) is 5.95. The van der Waals surface area contributed by atoms with Crippen molar-refractivity contribution < 1.29 is 4.39 Å². The second-order valence-corrected chi connectivity index (χ2v) is 5.79. The predicted octanol–water partition coefficient (Wildman–Crippen LogP) is 5.72. The molecule has 0 spiro atoms. The second kappa shape index (κ2) is 5.93. The summed E-state index contributed by atoms with van der Waals surface area (Å²) in [6.45, 7) is 3.94. The summed E-state index contributed by atoms with van der Waals surface area (Å²) in [6.07, 6.45) is 0. The Balaban J connectivity index is 2.21. The van der Waals surface area contributed by atoms with Gasteiger partial charge in [0, 0.05) is 16.8 Å². The molecule has 1 N–H and O–H groups in total. The van der Waals surface area contributed by atoms with Crippen molar-refractivity contribution in [3.63, 3.8) is 0 Å². The van der Waals surface area contributed by atoms with Crippen LogP contribution in [0.2, 0.25) is 5.02 Å². The maximum absolute atomic E-state index is 13.4. The third-order valence-corrected chi connectivity index (χ3v) is 3.87. The molecule has 100 valence electrons. The van der Waals surface area contributed by atoms with Crippen LogP contribution in [-0.2, 0) is 0 Å². The fourth-order valence-corrected chi connectivity index (χ4v) is 2.34. The number of nitrogens with one attached hydrogen (secondary N) is 1. The summed E-state index contributed by atoms with van der Waals surface area (Å²) in [6, 6.07) is 11.1. The third-order valence-electron chi connectivity index (χ3n) is 3.01. The van der Waals surface area contributed by atoms with E-state index in [2.05, 4.69) is 28.2 Å². The van der Waals surface area contributed by atoms with Gasteiger partial charge in [-0.1, -0.05) is 23.7 Å². The normalized spacial score (nSPS) is 12.3. The van der Waals surface area contributed by atoms with Crippen LogP contribution >= 0.6 is 27.5 Å². The zero-order valence-corrected chi connectivity index (χ0v) is 13.0. The van der Waals surface area contributed by atoms with Gasteiger partial charge in [-0.25, -0.2) is 4.39 Å². The van der Waals surface area contributed by atoms with Gasteiger partial charge in [0.05, 0.1) is 4.47 Å². The van der Waals surface area contributed by atoms with Crippen molar-refractivity contribution in [3.05, 3.63) is 62.8 Å². The van der Waals surface area contributed by atoms with Gasteiger partial charge in [-0.15, -0.1) is 0 Å². The molecule has 0 aliphatic heterocycles. The largest absolute Gasteiger partial charge is 0.378 e. The quantitative estimate of drug-likeness (QED) is 0.752. The highest BCUT2D eigenvalue weighted by atomic mass is 79.9. The highest BCUT2D eigenvalue weighted by Gasteiger charge is 2.09. The van der Waals surface area contributed by atoms with E-state index in [4.69, 9.17) is 11.6 Å². The molecule has 1 nitrogen and oxygen atoms in total. The summed E-state index contributed by atoms with van der Waals surface area (Å²) >= 11 is 9.08. The van der Waals surface area contributed by atoms with Crippen LogP contribution in [0.1, 0.15) is 24.1 Å². The van der Waals surface area contributed by atoms with Crippen LogP contribution in [0.15, 0.2) is 40.9 Å². The molecule has 1 atom stereocenters. The van der Waals surface area contributed by atoms with Crippen molar-refractivity contribution in [2.75, 3.05) is 5.32 Å². The molecular weight excluding hydrogens is 329 g/mol. The van der Waals surface area contributed by atoms with Gasteiger partial charge in [0.1, 0.15) is 5.82 Å². The molecule has 0 heterocycles. The van der Waals surface area contributed by atoms with Gasteiger partial charge in [0.25, 0.3) is 0 Å². The summed E-state index contributed by atoms with van der Waals surface area (Å²) < 4.78 is 13.8. The Morgan fingerprint density at radius 3 is 2.47 bits per heavy atom. The SMILES string of the molecule is Cc1cc(F)c(Br)cc1NC(C)c1ccc(Cl)cc1. The van der Waals surface area contributed by atoms with Crippen molar-refractivity contribution in [1.82, 2.24) is 0 Å². The van der Waals surface area contributed by atoms with Gasteiger partial charge in [-0.2, -0.15) is 0 Å². The summed E-state index contributed by atoms with van der Waals surface area (Å²) in [5.41, 5.74) is 2.92. The minimum Gasteiger partial charge on any atom is -0.378 e. The van der Waals surface area contributed by atoms with Crippen molar-refractivity contribution in [1.29, 1.82) is 0 Å². The van der Waals surface area contributed by atoms with E-state index in [1.54, 1.807) is 6.07 Å². The lowest BCUT2D eigenvalue weighted by Gasteiger charge is -2.18. The Hall–Kier alpha value is -1.06. The molecule has 2 aromatic carbocycles. The third kappa shape index (κ3) is 3.48. The lowest BCUT2D eigenvalue weighted by molar-refractivity contribution is 0.620. The first-order chi connectivity index (χ1) is 8.97. The Labute approximate surface area is 125 Å². The molecule has 0 saturated heterocycles. The van der Waals surface area contributed by atoms with Gasteiger partial charge < -0.3 is 5.32 Å². The number of halogens is 3. The lowest BCUT2D eigenvalue weighted by atomic mass is 10.1. The zero-order chi connectivity index (χ0) is 14.0. The van der Waals surface area contributed by atoms with Crippen LogP contribution in [0, 0.1) is 12.7 Å². The van der Waals surface area contributed by atoms with Gasteiger partial charge in [0.2, 0.25) is 0 Å². The van der Waals surface area contributed by atoms with E-state index in [9.17, 15) is 4.39 Å². The molecule has 0 bridgehead atoms. The number of anilines is 1. The predicted molar refractivity (Wildman–Crippen MR) is 82.3 cm³/mol. The van der Waals surface area contributed by atoms with Crippen molar-refractivity contribution in [2.24, 2.45) is 0 Å². The van der Waals surface area contributed by atoms with Crippen LogP contribution < -0.4 is 5.32 Å². The van der Waals surface area contributed by atoms with Gasteiger partial charge in [0.15, 0.2) is 0 Å². The van der Waals surface area contributed by atoms with Crippen molar-refractivity contribution in [2.45, 2.75) is 19.9 Å². The molecule has 0 fully saturated rings. The molecule has 0 saturated carbocycles. The lowest BCUT2D eigenvalue weighted by Crippen LogP contribution is -2.07. The Morgan fingerprint density at radius 1 is 1.21 bits per heavy atom. The Kier molecular flexibility index (Phi) is 4.48. The number of hydrogen-bond donors (Lipinski definition) is 1. The van der Waals surface area contributed by atoms with E-state index in [0.717, 1.165) is 21.8 Å². The average molecular weight is 343 g/mol.